The lowest BCUT2D eigenvalue weighted by molar-refractivity contribution is 0.920. The number of aromatic nitrogens is 2. The smallest absolute Gasteiger partial charge is 0.298 e. The standard InChI is InChI=1S/C11H7BrN2O2S2/c1-5-7-9(18-8(5)12)13-11(16)14(10(7)15)6-3-2-4-17-6/h2-4H,1H3,(H,13,16). The fourth-order valence-electron chi connectivity index (χ4n) is 1.79. The van der Waals surface area contributed by atoms with Crippen LogP contribution in [0.5, 0.6) is 0 Å². The number of nitrogens with one attached hydrogen (secondary N) is 1. The third-order valence-electron chi connectivity index (χ3n) is 2.66. The largest absolute Gasteiger partial charge is 0.334 e. The van der Waals surface area contributed by atoms with Crippen molar-refractivity contribution in [2.24, 2.45) is 0 Å². The van der Waals surface area contributed by atoms with Crippen molar-refractivity contribution in [3.8, 4) is 5.00 Å². The number of fused-ring (bicyclic) bond motifs is 1. The van der Waals surface area contributed by atoms with Gasteiger partial charge in [-0.1, -0.05) is 0 Å². The quantitative estimate of drug-likeness (QED) is 0.739. The van der Waals surface area contributed by atoms with Crippen LogP contribution in [0.25, 0.3) is 15.2 Å². The average Bonchev–Trinajstić information content (AvgIpc) is 2.89. The first-order valence-electron chi connectivity index (χ1n) is 5.07. The van der Waals surface area contributed by atoms with Gasteiger partial charge in [-0.3, -0.25) is 9.78 Å². The third kappa shape index (κ3) is 1.62. The third-order valence-corrected chi connectivity index (χ3v) is 5.59. The molecule has 4 nitrogen and oxygen atoms in total. The van der Waals surface area contributed by atoms with Gasteiger partial charge < -0.3 is 0 Å². The monoisotopic (exact) mass is 342 g/mol. The molecule has 3 aromatic rings. The molecule has 0 atom stereocenters. The molecule has 0 spiro atoms. The van der Waals surface area contributed by atoms with E-state index < -0.39 is 5.69 Å². The maximum absolute atomic E-state index is 12.4. The predicted molar refractivity (Wildman–Crippen MR) is 78.4 cm³/mol. The molecule has 0 fully saturated rings. The minimum Gasteiger partial charge on any atom is -0.298 e. The highest BCUT2D eigenvalue weighted by atomic mass is 79.9. The van der Waals surface area contributed by atoms with Crippen LogP contribution in [-0.4, -0.2) is 9.55 Å². The molecule has 0 unspecified atom stereocenters. The van der Waals surface area contributed by atoms with Crippen LogP contribution in [0, 0.1) is 6.92 Å². The number of aromatic amines is 1. The van der Waals surface area contributed by atoms with Crippen LogP contribution in [0.1, 0.15) is 5.56 Å². The second kappa shape index (κ2) is 4.18. The van der Waals surface area contributed by atoms with E-state index in [2.05, 4.69) is 20.9 Å². The van der Waals surface area contributed by atoms with Crippen LogP contribution in [0.4, 0.5) is 0 Å². The lowest BCUT2D eigenvalue weighted by Gasteiger charge is -2.01. The zero-order valence-corrected chi connectivity index (χ0v) is 12.4. The fraction of sp³-hybridized carbons (Fsp3) is 0.0909. The van der Waals surface area contributed by atoms with Gasteiger partial charge in [0.25, 0.3) is 5.56 Å². The highest BCUT2D eigenvalue weighted by molar-refractivity contribution is 9.11. The van der Waals surface area contributed by atoms with E-state index in [-0.39, 0.29) is 5.56 Å². The molecule has 0 saturated carbocycles. The van der Waals surface area contributed by atoms with Crippen molar-refractivity contribution < 1.29 is 0 Å². The molecule has 0 aromatic carbocycles. The summed E-state index contributed by atoms with van der Waals surface area (Å²) >= 11 is 6.12. The van der Waals surface area contributed by atoms with Gasteiger partial charge in [-0.2, -0.15) is 0 Å². The molecule has 7 heteroatoms. The molecule has 0 radical (unpaired) electrons. The molecule has 0 aliphatic rings. The Labute approximate surface area is 118 Å². The van der Waals surface area contributed by atoms with E-state index in [9.17, 15) is 9.59 Å². The lowest BCUT2D eigenvalue weighted by atomic mass is 10.3. The van der Waals surface area contributed by atoms with Crippen LogP contribution in [-0.2, 0) is 0 Å². The number of thiophene rings is 2. The van der Waals surface area contributed by atoms with E-state index in [0.29, 0.717) is 15.2 Å². The Balaban J connectivity index is 2.52. The summed E-state index contributed by atoms with van der Waals surface area (Å²) in [6.07, 6.45) is 0. The van der Waals surface area contributed by atoms with Gasteiger partial charge in [0.15, 0.2) is 0 Å². The number of H-pyrrole nitrogens is 1. The number of halogens is 1. The van der Waals surface area contributed by atoms with Crippen LogP contribution in [0.15, 0.2) is 30.9 Å². The predicted octanol–water partition coefficient (Wildman–Crippen LogP) is 2.87. The van der Waals surface area contributed by atoms with E-state index in [1.807, 2.05) is 18.4 Å². The second-order valence-corrected chi connectivity index (χ2v) is 6.99. The molecule has 0 saturated heterocycles. The highest BCUT2D eigenvalue weighted by Crippen LogP contribution is 2.31. The maximum Gasteiger partial charge on any atom is 0.334 e. The fourth-order valence-corrected chi connectivity index (χ4v) is 4.11. The Kier molecular flexibility index (Phi) is 2.76. The van der Waals surface area contributed by atoms with Crippen molar-refractivity contribution >= 4 is 48.8 Å². The number of nitrogens with zero attached hydrogens (tertiary/aromatic N) is 1. The Morgan fingerprint density at radius 3 is 2.83 bits per heavy atom. The normalized spacial score (nSPS) is 11.2. The maximum atomic E-state index is 12.4. The minimum atomic E-state index is -0.399. The number of hydrogen-bond donors (Lipinski definition) is 1. The first kappa shape index (κ1) is 11.9. The van der Waals surface area contributed by atoms with Crippen LogP contribution >= 0.6 is 38.6 Å². The Hall–Kier alpha value is -1.18. The van der Waals surface area contributed by atoms with Crippen LogP contribution in [0.2, 0.25) is 0 Å². The summed E-state index contributed by atoms with van der Waals surface area (Å²) in [7, 11) is 0. The molecule has 92 valence electrons. The molecule has 18 heavy (non-hydrogen) atoms. The number of aryl methyl sites for hydroxylation is 1. The first-order valence-corrected chi connectivity index (χ1v) is 7.56. The number of rotatable bonds is 1. The molecular formula is C11H7BrN2O2S2. The summed E-state index contributed by atoms with van der Waals surface area (Å²) in [5, 5.41) is 3.03. The van der Waals surface area contributed by atoms with Gasteiger partial charge in [0.2, 0.25) is 0 Å². The van der Waals surface area contributed by atoms with Crippen molar-refractivity contribution in [1.82, 2.24) is 9.55 Å². The molecule has 0 aliphatic carbocycles. The van der Waals surface area contributed by atoms with Crippen molar-refractivity contribution in [3.63, 3.8) is 0 Å². The van der Waals surface area contributed by atoms with Gasteiger partial charge in [-0.05, 0) is 45.9 Å². The van der Waals surface area contributed by atoms with Gasteiger partial charge in [0.05, 0.1) is 9.17 Å². The summed E-state index contributed by atoms with van der Waals surface area (Å²) in [5.41, 5.74) is 0.195. The molecule has 0 aliphatic heterocycles. The van der Waals surface area contributed by atoms with Crippen molar-refractivity contribution in [2.45, 2.75) is 6.92 Å². The molecule has 0 amide bonds. The molecular weight excluding hydrogens is 336 g/mol. The van der Waals surface area contributed by atoms with Crippen molar-refractivity contribution in [2.75, 3.05) is 0 Å². The van der Waals surface area contributed by atoms with Gasteiger partial charge in [-0.15, -0.1) is 22.7 Å². The van der Waals surface area contributed by atoms with Crippen LogP contribution in [0.3, 0.4) is 0 Å². The molecule has 3 heterocycles. The lowest BCUT2D eigenvalue weighted by Crippen LogP contribution is -2.32. The van der Waals surface area contributed by atoms with Gasteiger partial charge in [0, 0.05) is 0 Å². The molecule has 0 bridgehead atoms. The zero-order chi connectivity index (χ0) is 12.9. The summed E-state index contributed by atoms with van der Waals surface area (Å²) in [4.78, 5) is 27.8. The Bertz CT molecular complexity index is 842. The molecule has 3 aromatic heterocycles. The van der Waals surface area contributed by atoms with Crippen LogP contribution < -0.4 is 11.2 Å². The highest BCUT2D eigenvalue weighted by Gasteiger charge is 2.15. The SMILES string of the molecule is Cc1c(Br)sc2[nH]c(=O)n(-c3cccs3)c(=O)c12. The van der Waals surface area contributed by atoms with E-state index in [1.54, 1.807) is 6.07 Å². The average molecular weight is 343 g/mol. The second-order valence-electron chi connectivity index (χ2n) is 3.73. The van der Waals surface area contributed by atoms with Gasteiger partial charge in [0.1, 0.15) is 9.83 Å². The van der Waals surface area contributed by atoms with E-state index in [1.165, 1.54) is 27.2 Å². The Morgan fingerprint density at radius 2 is 2.17 bits per heavy atom. The summed E-state index contributed by atoms with van der Waals surface area (Å²) in [5.74, 6) is 0. The van der Waals surface area contributed by atoms with Crippen molar-refractivity contribution in [1.29, 1.82) is 0 Å². The van der Waals surface area contributed by atoms with Gasteiger partial charge >= 0.3 is 5.69 Å². The summed E-state index contributed by atoms with van der Waals surface area (Å²) < 4.78 is 2.05. The minimum absolute atomic E-state index is 0.268. The molecule has 1 N–H and O–H groups in total. The number of hydrogen-bond acceptors (Lipinski definition) is 4. The van der Waals surface area contributed by atoms with E-state index in [0.717, 1.165) is 9.35 Å². The zero-order valence-electron chi connectivity index (χ0n) is 9.19. The topological polar surface area (TPSA) is 54.9 Å². The summed E-state index contributed by atoms with van der Waals surface area (Å²) in [6.45, 7) is 1.86. The molecule has 3 rings (SSSR count). The van der Waals surface area contributed by atoms with E-state index >= 15 is 0 Å². The first-order chi connectivity index (χ1) is 8.59. The Morgan fingerprint density at radius 1 is 1.39 bits per heavy atom. The van der Waals surface area contributed by atoms with Gasteiger partial charge in [-0.25, -0.2) is 9.36 Å². The van der Waals surface area contributed by atoms with E-state index in [4.69, 9.17) is 0 Å². The summed E-state index contributed by atoms with van der Waals surface area (Å²) in [6, 6.07) is 3.57. The van der Waals surface area contributed by atoms with Crippen molar-refractivity contribution in [3.05, 3.63) is 47.7 Å².